The number of nitrogens with two attached hydrogens (primary N) is 3. The molecule has 0 bridgehead atoms. The normalized spacial score (nSPS) is 11.4. The molecule has 3 amide bonds. The van der Waals surface area contributed by atoms with E-state index < -0.39 is 21.8 Å². The van der Waals surface area contributed by atoms with E-state index in [1.54, 1.807) is 30.3 Å². The molecule has 1 aromatic heterocycles. The Balaban J connectivity index is 2.22. The van der Waals surface area contributed by atoms with Gasteiger partial charge in [0.15, 0.2) is 9.84 Å². The second-order valence-corrected chi connectivity index (χ2v) is 7.96. The molecule has 8 N–H and O–H groups in total. The van der Waals surface area contributed by atoms with Gasteiger partial charge in [-0.15, -0.1) is 0 Å². The van der Waals surface area contributed by atoms with Crippen LogP contribution in [0.1, 0.15) is 10.4 Å². The Hall–Kier alpha value is -3.53. The number of para-hydroxylation sites is 1. The van der Waals surface area contributed by atoms with E-state index in [0.717, 1.165) is 6.26 Å². The van der Waals surface area contributed by atoms with Crippen molar-refractivity contribution in [3.8, 4) is 11.1 Å². The predicted octanol–water partition coefficient (Wildman–Crippen LogP) is 1.41. The monoisotopic (exact) mass is 387 g/mol. The lowest BCUT2D eigenvalue weighted by atomic mass is 10.0. The van der Waals surface area contributed by atoms with Crippen LogP contribution in [0.4, 0.5) is 16.3 Å². The van der Waals surface area contributed by atoms with Crippen molar-refractivity contribution in [3.05, 3.63) is 42.0 Å². The lowest BCUT2D eigenvalue weighted by molar-refractivity contribution is 0.100. The molecule has 0 spiro atoms. The molecule has 27 heavy (non-hydrogen) atoms. The highest BCUT2D eigenvalue weighted by molar-refractivity contribution is 7.90. The number of carbonyl (C=O) groups is 2. The van der Waals surface area contributed by atoms with Crippen LogP contribution in [0.25, 0.3) is 22.0 Å². The lowest BCUT2D eigenvalue weighted by Gasteiger charge is -2.10. The SMILES string of the molecule is CS(=O)(=O)c1cccc(-c2ccc3c(C(N)=O)c(NC(N)=O)[nH]c3c2)c1N. The first-order valence-electron chi connectivity index (χ1n) is 7.70. The van der Waals surface area contributed by atoms with Crippen LogP contribution in [0.2, 0.25) is 0 Å². The molecule has 1 heterocycles. The number of sulfone groups is 1. The number of H-pyrrole nitrogens is 1. The molecule has 0 saturated carbocycles. The maximum atomic E-state index is 11.9. The smallest absolute Gasteiger partial charge is 0.317 e. The highest BCUT2D eigenvalue weighted by atomic mass is 32.2. The highest BCUT2D eigenvalue weighted by Gasteiger charge is 2.19. The third-order valence-electron chi connectivity index (χ3n) is 4.07. The van der Waals surface area contributed by atoms with Crippen molar-refractivity contribution in [1.82, 2.24) is 4.98 Å². The van der Waals surface area contributed by atoms with Crippen LogP contribution >= 0.6 is 0 Å². The Morgan fingerprint density at radius 3 is 2.41 bits per heavy atom. The van der Waals surface area contributed by atoms with Crippen molar-refractivity contribution in [2.24, 2.45) is 11.5 Å². The topological polar surface area (TPSA) is 174 Å². The van der Waals surface area contributed by atoms with Gasteiger partial charge in [0.05, 0.1) is 16.1 Å². The van der Waals surface area contributed by atoms with Crippen molar-refractivity contribution >= 4 is 44.2 Å². The summed E-state index contributed by atoms with van der Waals surface area (Å²) >= 11 is 0. The molecule has 0 aliphatic rings. The number of hydrogen-bond acceptors (Lipinski definition) is 5. The molecule has 0 aliphatic heterocycles. The molecule has 3 aromatic rings. The zero-order valence-corrected chi connectivity index (χ0v) is 15.1. The van der Waals surface area contributed by atoms with Crippen molar-refractivity contribution in [3.63, 3.8) is 0 Å². The van der Waals surface area contributed by atoms with Crippen LogP contribution in [-0.2, 0) is 9.84 Å². The number of carbonyl (C=O) groups excluding carboxylic acids is 2. The Bertz CT molecular complexity index is 1200. The highest BCUT2D eigenvalue weighted by Crippen LogP contribution is 2.34. The number of primary amides is 2. The van der Waals surface area contributed by atoms with Gasteiger partial charge in [-0.2, -0.15) is 0 Å². The standard InChI is InChI=1S/C17H17N5O4S/c1-27(25,26)12-4-2-3-9(14(12)18)8-5-6-10-11(7-8)21-16(22-17(20)24)13(10)15(19)23/h2-7,21H,18H2,1H3,(H2,19,23)(H3,20,22,24). The number of fused-ring (bicyclic) bond motifs is 1. The first-order chi connectivity index (χ1) is 12.6. The van der Waals surface area contributed by atoms with Gasteiger partial charge in [0.1, 0.15) is 5.82 Å². The van der Waals surface area contributed by atoms with Crippen molar-refractivity contribution in [2.45, 2.75) is 4.90 Å². The number of anilines is 2. The van der Waals surface area contributed by atoms with Crippen LogP contribution < -0.4 is 22.5 Å². The Morgan fingerprint density at radius 1 is 1.11 bits per heavy atom. The Morgan fingerprint density at radius 2 is 1.81 bits per heavy atom. The summed E-state index contributed by atoms with van der Waals surface area (Å²) in [4.78, 5) is 25.8. The van der Waals surface area contributed by atoms with Crippen molar-refractivity contribution in [2.75, 3.05) is 17.3 Å². The van der Waals surface area contributed by atoms with Crippen LogP contribution in [0.15, 0.2) is 41.3 Å². The first-order valence-corrected chi connectivity index (χ1v) is 9.59. The molecule has 0 radical (unpaired) electrons. The fourth-order valence-electron chi connectivity index (χ4n) is 2.96. The minimum atomic E-state index is -3.49. The fraction of sp³-hybridized carbons (Fsp3) is 0.0588. The van der Waals surface area contributed by atoms with Gasteiger partial charge in [0.2, 0.25) is 0 Å². The zero-order chi connectivity index (χ0) is 19.9. The molecule has 2 aromatic carbocycles. The van der Waals surface area contributed by atoms with E-state index in [2.05, 4.69) is 10.3 Å². The van der Waals surface area contributed by atoms with E-state index in [4.69, 9.17) is 17.2 Å². The second-order valence-electron chi connectivity index (χ2n) is 5.98. The van der Waals surface area contributed by atoms with Gasteiger partial charge in [-0.25, -0.2) is 13.2 Å². The largest absolute Gasteiger partial charge is 0.397 e. The number of urea groups is 1. The molecule has 0 aliphatic carbocycles. The second kappa shape index (κ2) is 6.32. The summed E-state index contributed by atoms with van der Waals surface area (Å²) in [5.41, 5.74) is 18.4. The molecule has 140 valence electrons. The number of amides is 3. The molecular weight excluding hydrogens is 370 g/mol. The van der Waals surface area contributed by atoms with Crippen molar-refractivity contribution in [1.29, 1.82) is 0 Å². The summed E-state index contributed by atoms with van der Waals surface area (Å²) in [7, 11) is -3.49. The molecular formula is C17H17N5O4S. The average molecular weight is 387 g/mol. The summed E-state index contributed by atoms with van der Waals surface area (Å²) in [5, 5.41) is 2.80. The maximum absolute atomic E-state index is 11.9. The lowest BCUT2D eigenvalue weighted by Crippen LogP contribution is -2.22. The number of aromatic amines is 1. The van der Waals surface area contributed by atoms with E-state index >= 15 is 0 Å². The van der Waals surface area contributed by atoms with Crippen LogP contribution in [0.3, 0.4) is 0 Å². The van der Waals surface area contributed by atoms with Crippen LogP contribution in [-0.4, -0.2) is 31.6 Å². The summed E-state index contributed by atoms with van der Waals surface area (Å²) in [5.74, 6) is -0.656. The number of nitrogens with one attached hydrogen (secondary N) is 2. The summed E-state index contributed by atoms with van der Waals surface area (Å²) < 4.78 is 23.8. The van der Waals surface area contributed by atoms with E-state index in [0.29, 0.717) is 22.0 Å². The minimum Gasteiger partial charge on any atom is -0.397 e. The summed E-state index contributed by atoms with van der Waals surface area (Å²) in [6, 6.07) is 8.83. The number of aromatic nitrogens is 1. The number of hydrogen-bond donors (Lipinski definition) is 5. The molecule has 0 unspecified atom stereocenters. The Kier molecular flexibility index (Phi) is 4.28. The summed E-state index contributed by atoms with van der Waals surface area (Å²) in [6.45, 7) is 0. The molecule has 0 fully saturated rings. The quantitative estimate of drug-likeness (QED) is 0.425. The first kappa shape index (κ1) is 18.3. The van der Waals surface area contributed by atoms with Gasteiger partial charge < -0.3 is 22.2 Å². The van der Waals surface area contributed by atoms with Gasteiger partial charge in [-0.1, -0.05) is 24.3 Å². The van der Waals surface area contributed by atoms with Gasteiger partial charge in [-0.3, -0.25) is 10.1 Å². The zero-order valence-electron chi connectivity index (χ0n) is 14.2. The third-order valence-corrected chi connectivity index (χ3v) is 5.22. The van der Waals surface area contributed by atoms with E-state index in [1.165, 1.54) is 6.07 Å². The predicted molar refractivity (Wildman–Crippen MR) is 103 cm³/mol. The number of rotatable bonds is 4. The third kappa shape index (κ3) is 3.29. The molecule has 3 rings (SSSR count). The fourth-order valence-corrected chi connectivity index (χ4v) is 3.79. The van der Waals surface area contributed by atoms with E-state index in [9.17, 15) is 18.0 Å². The molecule has 0 saturated heterocycles. The molecule has 0 atom stereocenters. The maximum Gasteiger partial charge on any atom is 0.317 e. The van der Waals surface area contributed by atoms with Crippen molar-refractivity contribution < 1.29 is 18.0 Å². The van der Waals surface area contributed by atoms with Gasteiger partial charge >= 0.3 is 6.03 Å². The van der Waals surface area contributed by atoms with Crippen LogP contribution in [0.5, 0.6) is 0 Å². The van der Waals surface area contributed by atoms with E-state index in [1.807, 2.05) is 0 Å². The number of nitrogen functional groups attached to an aromatic ring is 1. The van der Waals surface area contributed by atoms with Gasteiger partial charge in [0, 0.05) is 22.7 Å². The Labute approximate surface area is 154 Å². The van der Waals surface area contributed by atoms with Gasteiger partial charge in [0.25, 0.3) is 5.91 Å². The average Bonchev–Trinajstić information content (AvgIpc) is 2.90. The number of benzene rings is 2. The molecule has 10 heteroatoms. The summed E-state index contributed by atoms with van der Waals surface area (Å²) in [6.07, 6.45) is 1.08. The van der Waals surface area contributed by atoms with Gasteiger partial charge in [-0.05, 0) is 17.7 Å². The minimum absolute atomic E-state index is 0.0282. The van der Waals surface area contributed by atoms with Crippen LogP contribution in [0, 0.1) is 0 Å². The van der Waals surface area contributed by atoms with E-state index in [-0.39, 0.29) is 22.0 Å². The molecule has 9 nitrogen and oxygen atoms in total.